The number of carbonyl (C=O) groups excluding carboxylic acids is 1. The van der Waals surface area contributed by atoms with Gasteiger partial charge in [-0.15, -0.1) is 11.8 Å². The molecular weight excluding hydrogens is 420 g/mol. The molecule has 2 aromatic heterocycles. The van der Waals surface area contributed by atoms with E-state index in [9.17, 15) is 9.59 Å². The first-order valence-electron chi connectivity index (χ1n) is 9.39. The van der Waals surface area contributed by atoms with Crippen LogP contribution in [0.1, 0.15) is 5.69 Å². The molecule has 0 spiro atoms. The summed E-state index contributed by atoms with van der Waals surface area (Å²) in [7, 11) is 0. The van der Waals surface area contributed by atoms with Crippen molar-refractivity contribution in [1.29, 1.82) is 0 Å². The van der Waals surface area contributed by atoms with Crippen LogP contribution in [0.3, 0.4) is 0 Å². The second kappa shape index (κ2) is 9.19. The Bertz CT molecular complexity index is 1220. The third kappa shape index (κ3) is 4.58. The summed E-state index contributed by atoms with van der Waals surface area (Å²) in [6, 6.07) is 15.0. The van der Waals surface area contributed by atoms with Crippen molar-refractivity contribution in [3.05, 3.63) is 82.1 Å². The number of nitrogens with zero attached hydrogens (tertiary/aromatic N) is 1. The molecule has 0 aliphatic rings. The molecule has 4 aromatic rings. The smallest absolute Gasteiger partial charge is 0.262 e. The van der Waals surface area contributed by atoms with E-state index in [2.05, 4.69) is 20.3 Å². The number of carbonyl (C=O) groups is 1. The van der Waals surface area contributed by atoms with E-state index >= 15 is 0 Å². The summed E-state index contributed by atoms with van der Waals surface area (Å²) in [6.07, 6.45) is 4.00. The molecule has 3 N–H and O–H groups in total. The van der Waals surface area contributed by atoms with Crippen LogP contribution in [0.5, 0.6) is 0 Å². The van der Waals surface area contributed by atoms with Crippen LogP contribution in [0.4, 0.5) is 0 Å². The molecule has 2 heterocycles. The molecule has 0 atom stereocenters. The van der Waals surface area contributed by atoms with Gasteiger partial charge in [-0.25, -0.2) is 4.98 Å². The highest BCUT2D eigenvalue weighted by Gasteiger charge is 2.16. The van der Waals surface area contributed by atoms with Crippen molar-refractivity contribution in [2.24, 2.45) is 0 Å². The number of hydrogen-bond acceptors (Lipinski definition) is 4. The molecule has 152 valence electrons. The number of thioether (sulfide) groups is 1. The number of H-pyrrole nitrogens is 2. The minimum Gasteiger partial charge on any atom is -0.355 e. The number of imidazole rings is 1. The maximum atomic E-state index is 12.8. The van der Waals surface area contributed by atoms with E-state index < -0.39 is 0 Å². The van der Waals surface area contributed by atoms with Gasteiger partial charge in [0.2, 0.25) is 5.91 Å². The summed E-state index contributed by atoms with van der Waals surface area (Å²) in [5.41, 5.74) is 3.12. The Morgan fingerprint density at radius 3 is 2.77 bits per heavy atom. The largest absolute Gasteiger partial charge is 0.355 e. The Labute approximate surface area is 182 Å². The molecule has 0 aliphatic heterocycles. The van der Waals surface area contributed by atoms with E-state index in [0.29, 0.717) is 28.4 Å². The average Bonchev–Trinajstić information content (AvgIpc) is 3.26. The van der Waals surface area contributed by atoms with Crippen molar-refractivity contribution in [2.75, 3.05) is 12.3 Å². The molecule has 0 unspecified atom stereocenters. The lowest BCUT2D eigenvalue weighted by Crippen LogP contribution is -2.27. The monoisotopic (exact) mass is 438 g/mol. The van der Waals surface area contributed by atoms with Crippen LogP contribution in [0, 0.1) is 0 Å². The number of amides is 1. The minimum absolute atomic E-state index is 0.135. The zero-order chi connectivity index (χ0) is 20.9. The van der Waals surface area contributed by atoms with Crippen LogP contribution < -0.4 is 10.9 Å². The van der Waals surface area contributed by atoms with Crippen LogP contribution in [-0.2, 0) is 11.2 Å². The van der Waals surface area contributed by atoms with Crippen LogP contribution in [0.2, 0.25) is 5.02 Å². The van der Waals surface area contributed by atoms with Gasteiger partial charge in [0.15, 0.2) is 0 Å². The molecule has 0 radical (unpaired) electrons. The summed E-state index contributed by atoms with van der Waals surface area (Å²) in [6.45, 7) is 0.497. The topological polar surface area (TPSA) is 90.6 Å². The standard InChI is InChI=1S/C22H19ClN4O2S/c23-15-6-7-18-17(10-15)20(14-4-2-1-3-5-14)21(22(29)27-18)30-12-19(28)25-9-8-16-11-24-13-26-16/h1-7,10-11,13H,8-9,12H2,(H,24,26)(H,25,28)(H,27,29). The third-order valence-electron chi connectivity index (χ3n) is 4.61. The summed E-state index contributed by atoms with van der Waals surface area (Å²) in [4.78, 5) is 35.5. The first kappa shape index (κ1) is 20.3. The molecule has 0 fully saturated rings. The van der Waals surface area contributed by atoms with Crippen LogP contribution in [0.25, 0.3) is 22.0 Å². The molecule has 0 saturated heterocycles. The van der Waals surface area contributed by atoms with Crippen molar-refractivity contribution in [3.8, 4) is 11.1 Å². The minimum atomic E-state index is -0.223. The fourth-order valence-electron chi connectivity index (χ4n) is 3.22. The van der Waals surface area contributed by atoms with Gasteiger partial charge in [-0.05, 0) is 23.8 Å². The molecule has 8 heteroatoms. The number of aromatic nitrogens is 3. The molecule has 0 saturated carbocycles. The highest BCUT2D eigenvalue weighted by Crippen LogP contribution is 2.35. The number of rotatable bonds is 7. The normalized spacial score (nSPS) is 11.0. The predicted octanol–water partition coefficient (Wildman–Crippen LogP) is 4.02. The average molecular weight is 439 g/mol. The zero-order valence-electron chi connectivity index (χ0n) is 15.9. The van der Waals surface area contributed by atoms with Crippen molar-refractivity contribution >= 4 is 40.2 Å². The number of benzene rings is 2. The zero-order valence-corrected chi connectivity index (χ0v) is 17.5. The van der Waals surface area contributed by atoms with E-state index in [4.69, 9.17) is 11.6 Å². The number of halogens is 1. The van der Waals surface area contributed by atoms with Gasteiger partial charge >= 0.3 is 0 Å². The maximum absolute atomic E-state index is 12.8. The summed E-state index contributed by atoms with van der Waals surface area (Å²) >= 11 is 7.45. The molecule has 0 bridgehead atoms. The van der Waals surface area contributed by atoms with Gasteiger partial charge < -0.3 is 15.3 Å². The van der Waals surface area contributed by atoms with Crippen LogP contribution in [-0.4, -0.2) is 33.2 Å². The Morgan fingerprint density at radius 1 is 1.17 bits per heavy atom. The lowest BCUT2D eigenvalue weighted by Gasteiger charge is -2.13. The molecule has 1 amide bonds. The van der Waals surface area contributed by atoms with Gasteiger partial charge in [0.05, 0.1) is 17.0 Å². The van der Waals surface area contributed by atoms with Crippen molar-refractivity contribution in [2.45, 2.75) is 11.3 Å². The molecule has 0 aliphatic carbocycles. The lowest BCUT2D eigenvalue weighted by molar-refractivity contribution is -0.118. The summed E-state index contributed by atoms with van der Waals surface area (Å²) < 4.78 is 0. The van der Waals surface area contributed by atoms with Crippen molar-refractivity contribution < 1.29 is 4.79 Å². The van der Waals surface area contributed by atoms with Gasteiger partial charge in [0, 0.05) is 46.3 Å². The number of nitrogens with one attached hydrogen (secondary N) is 3. The van der Waals surface area contributed by atoms with Gasteiger partial charge in [0.25, 0.3) is 5.56 Å². The maximum Gasteiger partial charge on any atom is 0.262 e. The van der Waals surface area contributed by atoms with Crippen LogP contribution in [0.15, 0.2) is 70.7 Å². The van der Waals surface area contributed by atoms with E-state index in [0.717, 1.165) is 22.2 Å². The van der Waals surface area contributed by atoms with Gasteiger partial charge in [0.1, 0.15) is 0 Å². The number of aromatic amines is 2. The Hall–Kier alpha value is -3.03. The van der Waals surface area contributed by atoms with Gasteiger partial charge in [-0.1, -0.05) is 41.9 Å². The number of fused-ring (bicyclic) bond motifs is 1. The van der Waals surface area contributed by atoms with Crippen molar-refractivity contribution in [1.82, 2.24) is 20.3 Å². The van der Waals surface area contributed by atoms with E-state index in [1.165, 1.54) is 11.8 Å². The number of pyridine rings is 1. The van der Waals surface area contributed by atoms with Crippen LogP contribution >= 0.6 is 23.4 Å². The Morgan fingerprint density at radius 2 is 2.00 bits per heavy atom. The molecular formula is C22H19ClN4O2S. The Balaban J connectivity index is 1.59. The van der Waals surface area contributed by atoms with Gasteiger partial charge in [-0.3, -0.25) is 9.59 Å². The fraction of sp³-hybridized carbons (Fsp3) is 0.136. The van der Waals surface area contributed by atoms with E-state index in [1.54, 1.807) is 24.7 Å². The van der Waals surface area contributed by atoms with E-state index in [-0.39, 0.29) is 17.2 Å². The summed E-state index contributed by atoms with van der Waals surface area (Å²) in [5.74, 6) is 0.00179. The number of hydrogen-bond donors (Lipinski definition) is 3. The Kier molecular flexibility index (Phi) is 6.21. The second-order valence-corrected chi connectivity index (χ2v) is 8.10. The third-order valence-corrected chi connectivity index (χ3v) is 5.93. The van der Waals surface area contributed by atoms with Crippen molar-refractivity contribution in [3.63, 3.8) is 0 Å². The highest BCUT2D eigenvalue weighted by atomic mass is 35.5. The van der Waals surface area contributed by atoms with Gasteiger partial charge in [-0.2, -0.15) is 0 Å². The van der Waals surface area contributed by atoms with E-state index in [1.807, 2.05) is 36.4 Å². The first-order valence-corrected chi connectivity index (χ1v) is 10.8. The molecule has 4 rings (SSSR count). The SMILES string of the molecule is O=C(CSc1c(-c2ccccc2)c2cc(Cl)ccc2[nH]c1=O)NCCc1cnc[nH]1. The lowest BCUT2D eigenvalue weighted by atomic mass is 10.0. The second-order valence-electron chi connectivity index (χ2n) is 6.68. The summed E-state index contributed by atoms with van der Waals surface area (Å²) in [5, 5.41) is 4.30. The molecule has 6 nitrogen and oxygen atoms in total. The molecule has 2 aromatic carbocycles. The molecule has 30 heavy (non-hydrogen) atoms. The highest BCUT2D eigenvalue weighted by molar-refractivity contribution is 8.00. The fourth-order valence-corrected chi connectivity index (χ4v) is 4.33. The quantitative estimate of drug-likeness (QED) is 0.380. The first-order chi connectivity index (χ1) is 14.6. The predicted molar refractivity (Wildman–Crippen MR) is 121 cm³/mol.